The van der Waals surface area contributed by atoms with E-state index in [1.54, 1.807) is 0 Å². The van der Waals surface area contributed by atoms with Crippen LogP contribution in [-0.2, 0) is 0 Å². The quantitative estimate of drug-likeness (QED) is 0.177. The molecule has 0 N–H and O–H groups in total. The molecule has 0 aliphatic heterocycles. The monoisotopic (exact) mass is 603 g/mol. The highest BCUT2D eigenvalue weighted by Crippen LogP contribution is 2.38. The molecule has 9 aromatic rings. The standard InChI is InChI=1S/C43H29N3O/c47-29-30-17-19-31(20-18-30)44(32-21-25-34(26-22-32)45-40-13-5-1-9-36(40)37-10-2-6-14-41(37)45)33-23-27-35(28-24-33)46-42-15-7-3-11-38(42)39-12-4-8-16-43(39)46/h1-29H. The fourth-order valence-corrected chi connectivity index (χ4v) is 7.05. The molecule has 4 heteroatoms. The first-order valence-corrected chi connectivity index (χ1v) is 15.8. The topological polar surface area (TPSA) is 30.2 Å². The number of benzene rings is 7. The first kappa shape index (κ1) is 27.0. The minimum atomic E-state index is 0.650. The summed E-state index contributed by atoms with van der Waals surface area (Å²) >= 11 is 0. The van der Waals surface area contributed by atoms with Gasteiger partial charge in [0.25, 0.3) is 0 Å². The fraction of sp³-hybridized carbons (Fsp3) is 0. The number of carbonyl (C=O) groups is 1. The molecule has 47 heavy (non-hydrogen) atoms. The van der Waals surface area contributed by atoms with Crippen molar-refractivity contribution in [2.75, 3.05) is 4.90 Å². The highest BCUT2D eigenvalue weighted by molar-refractivity contribution is 6.10. The van der Waals surface area contributed by atoms with Crippen LogP contribution < -0.4 is 4.90 Å². The third-order valence-corrected chi connectivity index (χ3v) is 9.18. The van der Waals surface area contributed by atoms with Gasteiger partial charge in [-0.3, -0.25) is 4.79 Å². The molecule has 2 aromatic heterocycles. The SMILES string of the molecule is O=Cc1ccc(N(c2ccc(-n3c4ccccc4c4ccccc43)cc2)c2ccc(-n3c4ccccc4c4ccccc43)cc2)cc1. The maximum atomic E-state index is 11.5. The van der Waals surface area contributed by atoms with E-state index in [1.165, 1.54) is 43.6 Å². The van der Waals surface area contributed by atoms with Crippen molar-refractivity contribution in [3.63, 3.8) is 0 Å². The first-order chi connectivity index (χ1) is 23.3. The lowest BCUT2D eigenvalue weighted by Gasteiger charge is -2.26. The summed E-state index contributed by atoms with van der Waals surface area (Å²) < 4.78 is 4.66. The Bertz CT molecular complexity index is 2310. The second kappa shape index (κ2) is 10.9. The van der Waals surface area contributed by atoms with E-state index in [9.17, 15) is 4.79 Å². The van der Waals surface area contributed by atoms with Crippen LogP contribution in [0.25, 0.3) is 55.0 Å². The molecule has 0 aliphatic rings. The van der Waals surface area contributed by atoms with Crippen molar-refractivity contribution in [2.45, 2.75) is 0 Å². The van der Waals surface area contributed by atoms with Crippen LogP contribution in [0.5, 0.6) is 0 Å². The van der Waals surface area contributed by atoms with Crippen molar-refractivity contribution >= 4 is 67.0 Å². The normalized spacial score (nSPS) is 11.5. The number of hydrogen-bond acceptors (Lipinski definition) is 2. The maximum Gasteiger partial charge on any atom is 0.150 e. The Balaban J connectivity index is 1.16. The third-order valence-electron chi connectivity index (χ3n) is 9.18. The lowest BCUT2D eigenvalue weighted by molar-refractivity contribution is 0.112. The average molecular weight is 604 g/mol. The molecule has 7 aromatic carbocycles. The van der Waals surface area contributed by atoms with E-state index < -0.39 is 0 Å². The molecule has 2 heterocycles. The van der Waals surface area contributed by atoms with Crippen molar-refractivity contribution in [3.05, 3.63) is 175 Å². The Hall–Kier alpha value is -6.39. The van der Waals surface area contributed by atoms with E-state index in [-0.39, 0.29) is 0 Å². The van der Waals surface area contributed by atoms with E-state index in [4.69, 9.17) is 0 Å². The summed E-state index contributed by atoms with van der Waals surface area (Å²) in [4.78, 5) is 13.7. The van der Waals surface area contributed by atoms with Gasteiger partial charge in [-0.05, 0) is 97.1 Å². The van der Waals surface area contributed by atoms with Crippen LogP contribution in [0.3, 0.4) is 0 Å². The molecule has 0 amide bonds. The summed E-state index contributed by atoms with van der Waals surface area (Å²) in [5.41, 5.74) is 10.6. The number of para-hydroxylation sites is 4. The van der Waals surface area contributed by atoms with Gasteiger partial charge in [0.2, 0.25) is 0 Å². The van der Waals surface area contributed by atoms with Crippen LogP contribution in [0.2, 0.25) is 0 Å². The van der Waals surface area contributed by atoms with Crippen molar-refractivity contribution in [2.24, 2.45) is 0 Å². The molecular formula is C43H29N3O. The van der Waals surface area contributed by atoms with Crippen molar-refractivity contribution in [1.29, 1.82) is 0 Å². The van der Waals surface area contributed by atoms with Crippen LogP contribution in [-0.4, -0.2) is 15.4 Å². The molecule has 0 unspecified atom stereocenters. The fourth-order valence-electron chi connectivity index (χ4n) is 7.05. The van der Waals surface area contributed by atoms with Crippen molar-refractivity contribution in [3.8, 4) is 11.4 Å². The molecule has 0 aliphatic carbocycles. The molecular weight excluding hydrogens is 574 g/mol. The zero-order valence-corrected chi connectivity index (χ0v) is 25.5. The largest absolute Gasteiger partial charge is 0.311 e. The summed E-state index contributed by atoms with van der Waals surface area (Å²) in [6, 6.07) is 59.5. The molecule has 0 spiro atoms. The third kappa shape index (κ3) is 4.34. The van der Waals surface area contributed by atoms with Gasteiger partial charge in [0.15, 0.2) is 0 Å². The zero-order chi connectivity index (χ0) is 31.3. The molecule has 0 saturated carbocycles. The van der Waals surface area contributed by atoms with E-state index in [1.807, 2.05) is 24.3 Å². The molecule has 9 rings (SSSR count). The van der Waals surface area contributed by atoms with Crippen molar-refractivity contribution in [1.82, 2.24) is 9.13 Å². The molecule has 0 fully saturated rings. The Morgan fingerprint density at radius 1 is 0.362 bits per heavy atom. The summed E-state index contributed by atoms with van der Waals surface area (Å²) in [5.74, 6) is 0. The molecule has 0 atom stereocenters. The van der Waals surface area contributed by atoms with Gasteiger partial charge in [-0.2, -0.15) is 0 Å². The van der Waals surface area contributed by atoms with Gasteiger partial charge in [-0.25, -0.2) is 0 Å². The Kier molecular flexibility index (Phi) is 6.25. The molecule has 0 saturated heterocycles. The highest BCUT2D eigenvalue weighted by Gasteiger charge is 2.17. The number of hydrogen-bond donors (Lipinski definition) is 0. The van der Waals surface area contributed by atoms with E-state index in [2.05, 4.69) is 160 Å². The van der Waals surface area contributed by atoms with Crippen LogP contribution in [0.4, 0.5) is 17.1 Å². The van der Waals surface area contributed by atoms with Gasteiger partial charge < -0.3 is 14.0 Å². The van der Waals surface area contributed by atoms with Gasteiger partial charge in [-0.15, -0.1) is 0 Å². The summed E-state index contributed by atoms with van der Waals surface area (Å²) in [5, 5.41) is 4.97. The zero-order valence-electron chi connectivity index (χ0n) is 25.5. The molecule has 0 bridgehead atoms. The number of carbonyl (C=O) groups excluding carboxylic acids is 1. The molecule has 222 valence electrons. The smallest absolute Gasteiger partial charge is 0.150 e. The van der Waals surface area contributed by atoms with Gasteiger partial charge in [0.05, 0.1) is 22.1 Å². The molecule has 4 nitrogen and oxygen atoms in total. The van der Waals surface area contributed by atoms with Gasteiger partial charge in [-0.1, -0.05) is 72.8 Å². The van der Waals surface area contributed by atoms with Crippen LogP contribution in [0, 0.1) is 0 Å². The highest BCUT2D eigenvalue weighted by atomic mass is 16.1. The number of nitrogens with zero attached hydrogens (tertiary/aromatic N) is 3. The van der Waals surface area contributed by atoms with Gasteiger partial charge in [0.1, 0.15) is 6.29 Å². The lowest BCUT2D eigenvalue weighted by Crippen LogP contribution is -2.10. The summed E-state index contributed by atoms with van der Waals surface area (Å²) in [6.07, 6.45) is 0.884. The van der Waals surface area contributed by atoms with Crippen LogP contribution >= 0.6 is 0 Å². The van der Waals surface area contributed by atoms with Gasteiger partial charge in [0, 0.05) is 55.5 Å². The number of fused-ring (bicyclic) bond motifs is 6. The Morgan fingerprint density at radius 2 is 0.660 bits per heavy atom. The van der Waals surface area contributed by atoms with E-state index in [0.29, 0.717) is 5.56 Å². The summed E-state index contributed by atoms with van der Waals surface area (Å²) in [6.45, 7) is 0. The number of rotatable bonds is 6. The molecule has 0 radical (unpaired) electrons. The van der Waals surface area contributed by atoms with E-state index in [0.717, 1.165) is 34.7 Å². The minimum absolute atomic E-state index is 0.650. The summed E-state index contributed by atoms with van der Waals surface area (Å²) in [7, 11) is 0. The number of anilines is 3. The predicted molar refractivity (Wildman–Crippen MR) is 195 cm³/mol. The average Bonchev–Trinajstić information content (AvgIpc) is 3.66. The van der Waals surface area contributed by atoms with Crippen molar-refractivity contribution < 1.29 is 4.79 Å². The van der Waals surface area contributed by atoms with Crippen LogP contribution in [0.1, 0.15) is 10.4 Å². The maximum absolute atomic E-state index is 11.5. The first-order valence-electron chi connectivity index (χ1n) is 15.8. The lowest BCUT2D eigenvalue weighted by atomic mass is 10.1. The number of aldehydes is 1. The van der Waals surface area contributed by atoms with E-state index >= 15 is 0 Å². The predicted octanol–water partition coefficient (Wildman–Crippen LogP) is 11.2. The number of aromatic nitrogens is 2. The Morgan fingerprint density at radius 3 is 0.979 bits per heavy atom. The second-order valence-corrected chi connectivity index (χ2v) is 11.8. The second-order valence-electron chi connectivity index (χ2n) is 11.8. The minimum Gasteiger partial charge on any atom is -0.311 e. The van der Waals surface area contributed by atoms with Crippen LogP contribution in [0.15, 0.2) is 170 Å². The Labute approximate surface area is 272 Å². The van der Waals surface area contributed by atoms with Gasteiger partial charge >= 0.3 is 0 Å².